The molecule has 0 aliphatic heterocycles. The van der Waals surface area contributed by atoms with Crippen LogP contribution in [0.5, 0.6) is 0 Å². The molecule has 0 rings (SSSR count). The summed E-state index contributed by atoms with van der Waals surface area (Å²) in [5, 5.41) is 0. The van der Waals surface area contributed by atoms with Crippen molar-refractivity contribution in [2.24, 2.45) is 0 Å². The van der Waals surface area contributed by atoms with Crippen LogP contribution in [-0.2, 0) is 13.6 Å². The van der Waals surface area contributed by atoms with Crippen molar-refractivity contribution in [3.8, 4) is 0 Å². The average Bonchev–Trinajstić information content (AvgIpc) is 2.04. The van der Waals surface area contributed by atoms with Gasteiger partial charge in [-0.15, -0.1) is 0 Å². The highest BCUT2D eigenvalue weighted by atomic mass is 35.7. The van der Waals surface area contributed by atoms with Crippen LogP contribution in [0.25, 0.3) is 0 Å². The molecule has 0 amide bonds. The molecule has 0 saturated carbocycles. The van der Waals surface area contributed by atoms with Crippen LogP contribution in [0.2, 0.25) is 0 Å². The quantitative estimate of drug-likeness (QED) is 0.663. The molecule has 2 unspecified atom stereocenters. The molecular formula is C5H12ClO3PS. The molecular weight excluding hydrogens is 207 g/mol. The monoisotopic (exact) mass is 218 g/mol. The summed E-state index contributed by atoms with van der Waals surface area (Å²) in [5.41, 5.74) is 0. The Morgan fingerprint density at radius 3 is 2.55 bits per heavy atom. The van der Waals surface area contributed by atoms with Gasteiger partial charge < -0.3 is 4.52 Å². The zero-order valence-electron chi connectivity index (χ0n) is 6.74. The fourth-order valence-electron chi connectivity index (χ4n) is 0.382. The van der Waals surface area contributed by atoms with Gasteiger partial charge in [-0.05, 0) is 24.0 Å². The molecule has 0 heterocycles. The van der Waals surface area contributed by atoms with E-state index in [0.29, 0.717) is 10.6 Å². The summed E-state index contributed by atoms with van der Waals surface area (Å²) in [5.74, 6) is 0. The van der Waals surface area contributed by atoms with Gasteiger partial charge in [-0.2, -0.15) is 0 Å². The van der Waals surface area contributed by atoms with E-state index in [-0.39, 0.29) is 6.10 Å². The molecule has 3 nitrogen and oxygen atoms in total. The van der Waals surface area contributed by atoms with E-state index in [1.54, 1.807) is 0 Å². The molecule has 0 bridgehead atoms. The van der Waals surface area contributed by atoms with Crippen LogP contribution in [0.4, 0.5) is 0 Å². The molecule has 6 heteroatoms. The second kappa shape index (κ2) is 5.44. The zero-order valence-corrected chi connectivity index (χ0v) is 9.21. The second-order valence-corrected chi connectivity index (χ2v) is 6.63. The summed E-state index contributed by atoms with van der Waals surface area (Å²) in [6, 6.07) is 0. The third-order valence-corrected chi connectivity index (χ3v) is 5.16. The van der Waals surface area contributed by atoms with Gasteiger partial charge >= 0.3 is 6.80 Å². The molecule has 0 aliphatic carbocycles. The van der Waals surface area contributed by atoms with Crippen LogP contribution >= 0.6 is 28.1 Å². The first-order valence-electron chi connectivity index (χ1n) is 3.22. The van der Waals surface area contributed by atoms with Gasteiger partial charge in [0.05, 0.1) is 16.7 Å². The van der Waals surface area contributed by atoms with E-state index < -0.39 is 6.80 Å². The molecule has 0 aromatic rings. The zero-order chi connectivity index (χ0) is 8.91. The van der Waals surface area contributed by atoms with E-state index in [1.165, 1.54) is 7.11 Å². The largest absolute Gasteiger partial charge is 0.404 e. The summed E-state index contributed by atoms with van der Waals surface area (Å²) in [6.07, 6.45) is 0.692. The lowest BCUT2D eigenvalue weighted by molar-refractivity contribution is 0.184. The van der Waals surface area contributed by atoms with Gasteiger partial charge in [-0.1, -0.05) is 6.92 Å². The van der Waals surface area contributed by atoms with E-state index in [1.807, 2.05) is 13.8 Å². The minimum atomic E-state index is -3.07. The van der Waals surface area contributed by atoms with Crippen molar-refractivity contribution in [3.05, 3.63) is 0 Å². The lowest BCUT2D eigenvalue weighted by atomic mass is 10.3. The highest BCUT2D eigenvalue weighted by Crippen LogP contribution is 2.62. The Balaban J connectivity index is 3.97. The molecule has 0 aliphatic rings. The van der Waals surface area contributed by atoms with E-state index in [0.717, 1.165) is 6.42 Å². The maximum Gasteiger partial charge on any atom is 0.404 e. The second-order valence-electron chi connectivity index (χ2n) is 2.02. The standard InChI is InChI=1S/C5H12ClO3PS/c1-4-5(2)9-10(7,8-3)11-6/h5H,4H2,1-3H3. The lowest BCUT2D eigenvalue weighted by Gasteiger charge is -2.16. The highest BCUT2D eigenvalue weighted by Gasteiger charge is 2.25. The minimum Gasteiger partial charge on any atom is -0.303 e. The third kappa shape index (κ3) is 4.38. The van der Waals surface area contributed by atoms with Crippen LogP contribution in [0.3, 0.4) is 0 Å². The van der Waals surface area contributed by atoms with Crippen LogP contribution in [0.15, 0.2) is 0 Å². The highest BCUT2D eigenvalue weighted by molar-refractivity contribution is 8.66. The maximum atomic E-state index is 11.3. The first kappa shape index (κ1) is 11.8. The molecule has 0 radical (unpaired) electrons. The van der Waals surface area contributed by atoms with Gasteiger partial charge in [0.2, 0.25) is 0 Å². The predicted molar refractivity (Wildman–Crippen MR) is 48.9 cm³/mol. The van der Waals surface area contributed by atoms with E-state index in [4.69, 9.17) is 15.2 Å². The van der Waals surface area contributed by atoms with Crippen molar-refractivity contribution in [2.45, 2.75) is 26.4 Å². The number of hydrogen-bond acceptors (Lipinski definition) is 4. The van der Waals surface area contributed by atoms with Crippen molar-refractivity contribution in [1.82, 2.24) is 0 Å². The van der Waals surface area contributed by atoms with E-state index in [9.17, 15) is 4.57 Å². The van der Waals surface area contributed by atoms with Gasteiger partial charge in [-0.25, -0.2) is 4.57 Å². The van der Waals surface area contributed by atoms with Crippen molar-refractivity contribution in [2.75, 3.05) is 7.11 Å². The Morgan fingerprint density at radius 1 is 1.73 bits per heavy atom. The van der Waals surface area contributed by atoms with Crippen molar-refractivity contribution in [3.63, 3.8) is 0 Å². The number of halogens is 1. The van der Waals surface area contributed by atoms with Crippen LogP contribution in [0, 0.1) is 0 Å². The Kier molecular flexibility index (Phi) is 5.83. The van der Waals surface area contributed by atoms with Gasteiger partial charge in [0.25, 0.3) is 0 Å². The fraction of sp³-hybridized carbons (Fsp3) is 1.00. The lowest BCUT2D eigenvalue weighted by Crippen LogP contribution is -2.03. The molecule has 68 valence electrons. The van der Waals surface area contributed by atoms with Crippen molar-refractivity contribution < 1.29 is 13.6 Å². The first-order valence-corrected chi connectivity index (χ1v) is 7.01. The molecule has 0 aromatic heterocycles. The van der Waals surface area contributed by atoms with Crippen LogP contribution < -0.4 is 0 Å². The summed E-state index contributed by atoms with van der Waals surface area (Å²) in [7, 11) is 7.23. The SMILES string of the molecule is CCC(C)OP(=O)(OC)SCl. The Hall–Kier alpha value is 0.790. The molecule has 0 fully saturated rings. The summed E-state index contributed by atoms with van der Waals surface area (Å²) in [4.78, 5) is 0. The summed E-state index contributed by atoms with van der Waals surface area (Å²) >= 11 is 0. The fourth-order valence-corrected chi connectivity index (χ4v) is 2.65. The average molecular weight is 219 g/mol. The minimum absolute atomic E-state index is 0.0907. The Morgan fingerprint density at radius 2 is 2.27 bits per heavy atom. The summed E-state index contributed by atoms with van der Waals surface area (Å²) in [6.45, 7) is 0.681. The number of rotatable bonds is 5. The maximum absolute atomic E-state index is 11.3. The third-order valence-electron chi connectivity index (χ3n) is 1.19. The molecule has 0 N–H and O–H groups in total. The topological polar surface area (TPSA) is 35.5 Å². The van der Waals surface area contributed by atoms with Crippen LogP contribution in [0.1, 0.15) is 20.3 Å². The van der Waals surface area contributed by atoms with E-state index >= 15 is 0 Å². The van der Waals surface area contributed by atoms with E-state index in [2.05, 4.69) is 4.52 Å². The summed E-state index contributed by atoms with van der Waals surface area (Å²) < 4.78 is 21.0. The molecule has 0 spiro atoms. The molecule has 2 atom stereocenters. The van der Waals surface area contributed by atoms with Crippen molar-refractivity contribution in [1.29, 1.82) is 0 Å². The molecule has 0 aromatic carbocycles. The molecule has 0 saturated heterocycles. The van der Waals surface area contributed by atoms with Gasteiger partial charge in [0.1, 0.15) is 0 Å². The van der Waals surface area contributed by atoms with Gasteiger partial charge in [0, 0.05) is 7.11 Å². The van der Waals surface area contributed by atoms with Crippen LogP contribution in [-0.4, -0.2) is 13.2 Å². The molecule has 11 heavy (non-hydrogen) atoms. The first-order chi connectivity index (χ1) is 5.08. The normalized spacial score (nSPS) is 19.3. The van der Waals surface area contributed by atoms with Gasteiger partial charge in [0.15, 0.2) is 0 Å². The Labute approximate surface area is 75.6 Å². The smallest absolute Gasteiger partial charge is 0.303 e. The predicted octanol–water partition coefficient (Wildman–Crippen LogP) is 3.44. The van der Waals surface area contributed by atoms with Crippen molar-refractivity contribution >= 4 is 28.1 Å². The van der Waals surface area contributed by atoms with Gasteiger partial charge in [-0.3, -0.25) is 4.52 Å². The Bertz CT molecular complexity index is 147. The number of hydrogen-bond donors (Lipinski definition) is 0.